The highest BCUT2D eigenvalue weighted by Crippen LogP contribution is 2.21. The van der Waals surface area contributed by atoms with Gasteiger partial charge >= 0.3 is 0 Å². The van der Waals surface area contributed by atoms with Gasteiger partial charge in [0.15, 0.2) is 0 Å². The predicted molar refractivity (Wildman–Crippen MR) is 84.7 cm³/mol. The topological polar surface area (TPSA) is 41.1 Å². The molecule has 5 heteroatoms. The van der Waals surface area contributed by atoms with Gasteiger partial charge in [0.25, 0.3) is 5.91 Å². The van der Waals surface area contributed by atoms with E-state index in [2.05, 4.69) is 10.6 Å². The predicted octanol–water partition coefficient (Wildman–Crippen LogP) is 4.47. The summed E-state index contributed by atoms with van der Waals surface area (Å²) in [6.45, 7) is 4.72. The standard InChI is InChI=1S/C16H16ClFN2O/c1-3-19-14-7-4-11(8-10(14)2)16(21)20-15-9-12(17)5-6-13(15)18/h4-9,19H,3H2,1-2H3,(H,20,21). The van der Waals surface area contributed by atoms with Crippen molar-refractivity contribution in [3.8, 4) is 0 Å². The Morgan fingerprint density at radius 3 is 2.62 bits per heavy atom. The number of hydrogen-bond donors (Lipinski definition) is 2. The van der Waals surface area contributed by atoms with Crippen molar-refractivity contribution in [3.63, 3.8) is 0 Å². The molecule has 0 aliphatic carbocycles. The number of amides is 1. The van der Waals surface area contributed by atoms with Gasteiger partial charge in [-0.1, -0.05) is 11.6 Å². The first-order chi connectivity index (χ1) is 10.0. The number of benzene rings is 2. The Bertz CT molecular complexity index is 673. The van der Waals surface area contributed by atoms with E-state index in [1.807, 2.05) is 19.9 Å². The molecule has 0 aromatic heterocycles. The molecule has 0 heterocycles. The van der Waals surface area contributed by atoms with Crippen LogP contribution < -0.4 is 10.6 Å². The fourth-order valence-corrected chi connectivity index (χ4v) is 2.15. The molecular weight excluding hydrogens is 291 g/mol. The molecule has 0 saturated heterocycles. The minimum absolute atomic E-state index is 0.0703. The minimum Gasteiger partial charge on any atom is -0.385 e. The van der Waals surface area contributed by atoms with Gasteiger partial charge in [-0.05, 0) is 55.8 Å². The summed E-state index contributed by atoms with van der Waals surface area (Å²) in [5.41, 5.74) is 2.47. The highest BCUT2D eigenvalue weighted by Gasteiger charge is 2.11. The summed E-state index contributed by atoms with van der Waals surface area (Å²) in [5.74, 6) is -0.893. The summed E-state index contributed by atoms with van der Waals surface area (Å²) < 4.78 is 13.6. The number of hydrogen-bond acceptors (Lipinski definition) is 2. The fourth-order valence-electron chi connectivity index (χ4n) is 1.98. The molecule has 0 atom stereocenters. The maximum Gasteiger partial charge on any atom is 0.255 e. The fraction of sp³-hybridized carbons (Fsp3) is 0.188. The van der Waals surface area contributed by atoms with Gasteiger partial charge in [-0.2, -0.15) is 0 Å². The van der Waals surface area contributed by atoms with Crippen LogP contribution in [-0.2, 0) is 0 Å². The highest BCUT2D eigenvalue weighted by atomic mass is 35.5. The molecule has 2 aromatic rings. The maximum atomic E-state index is 13.6. The smallest absolute Gasteiger partial charge is 0.255 e. The molecule has 2 aromatic carbocycles. The van der Waals surface area contributed by atoms with Crippen LogP contribution in [0.3, 0.4) is 0 Å². The van der Waals surface area contributed by atoms with E-state index < -0.39 is 5.82 Å². The van der Waals surface area contributed by atoms with Gasteiger partial charge in [0.2, 0.25) is 0 Å². The van der Waals surface area contributed by atoms with Crippen molar-refractivity contribution in [1.82, 2.24) is 0 Å². The third-order valence-electron chi connectivity index (χ3n) is 3.03. The van der Waals surface area contributed by atoms with E-state index in [4.69, 9.17) is 11.6 Å². The van der Waals surface area contributed by atoms with Crippen molar-refractivity contribution in [3.05, 3.63) is 58.4 Å². The van der Waals surface area contributed by atoms with Gasteiger partial charge in [-0.15, -0.1) is 0 Å². The van der Waals surface area contributed by atoms with E-state index in [9.17, 15) is 9.18 Å². The molecule has 0 spiro atoms. The number of aryl methyl sites for hydroxylation is 1. The van der Waals surface area contributed by atoms with E-state index >= 15 is 0 Å². The van der Waals surface area contributed by atoms with Crippen LogP contribution in [0.1, 0.15) is 22.8 Å². The Morgan fingerprint density at radius 2 is 1.95 bits per heavy atom. The van der Waals surface area contributed by atoms with E-state index in [1.165, 1.54) is 18.2 Å². The molecular formula is C16H16ClFN2O. The molecule has 110 valence electrons. The van der Waals surface area contributed by atoms with Crippen LogP contribution in [0.4, 0.5) is 15.8 Å². The monoisotopic (exact) mass is 306 g/mol. The number of nitrogens with one attached hydrogen (secondary N) is 2. The number of rotatable bonds is 4. The van der Waals surface area contributed by atoms with Gasteiger partial charge in [-0.3, -0.25) is 4.79 Å². The molecule has 0 unspecified atom stereocenters. The molecule has 0 bridgehead atoms. The van der Waals surface area contributed by atoms with Crippen molar-refractivity contribution >= 4 is 28.9 Å². The Balaban J connectivity index is 2.20. The first kappa shape index (κ1) is 15.3. The number of carbonyl (C=O) groups is 1. The second-order valence-electron chi connectivity index (χ2n) is 4.64. The zero-order valence-electron chi connectivity index (χ0n) is 11.8. The lowest BCUT2D eigenvalue weighted by Gasteiger charge is -2.10. The highest BCUT2D eigenvalue weighted by molar-refractivity contribution is 6.31. The van der Waals surface area contributed by atoms with Crippen LogP contribution in [0.15, 0.2) is 36.4 Å². The Hall–Kier alpha value is -2.07. The molecule has 1 amide bonds. The van der Waals surface area contributed by atoms with E-state index in [0.29, 0.717) is 10.6 Å². The summed E-state index contributed by atoms with van der Waals surface area (Å²) in [4.78, 5) is 12.2. The van der Waals surface area contributed by atoms with E-state index in [-0.39, 0.29) is 11.6 Å². The molecule has 21 heavy (non-hydrogen) atoms. The molecule has 0 saturated carbocycles. The Kier molecular flexibility index (Phi) is 4.81. The van der Waals surface area contributed by atoms with Gasteiger partial charge in [0, 0.05) is 22.8 Å². The minimum atomic E-state index is -0.520. The molecule has 2 rings (SSSR count). The Labute approximate surface area is 128 Å². The van der Waals surface area contributed by atoms with Crippen molar-refractivity contribution in [1.29, 1.82) is 0 Å². The molecule has 0 aliphatic heterocycles. The van der Waals surface area contributed by atoms with Crippen LogP contribution in [0, 0.1) is 12.7 Å². The number of anilines is 2. The van der Waals surface area contributed by atoms with Gasteiger partial charge in [0.05, 0.1) is 5.69 Å². The molecule has 3 nitrogen and oxygen atoms in total. The van der Waals surface area contributed by atoms with Crippen LogP contribution in [-0.4, -0.2) is 12.5 Å². The lowest BCUT2D eigenvalue weighted by Crippen LogP contribution is -2.13. The first-order valence-electron chi connectivity index (χ1n) is 6.62. The van der Waals surface area contributed by atoms with Crippen molar-refractivity contribution in [2.45, 2.75) is 13.8 Å². The maximum absolute atomic E-state index is 13.6. The quantitative estimate of drug-likeness (QED) is 0.875. The summed E-state index contributed by atoms with van der Waals surface area (Å²) in [6.07, 6.45) is 0. The zero-order chi connectivity index (χ0) is 15.4. The molecule has 0 aliphatic rings. The van der Waals surface area contributed by atoms with Gasteiger partial charge < -0.3 is 10.6 Å². The van der Waals surface area contributed by atoms with Crippen molar-refractivity contribution < 1.29 is 9.18 Å². The number of carbonyl (C=O) groups excluding carboxylic acids is 1. The third kappa shape index (κ3) is 3.73. The number of halogens is 2. The molecule has 0 fully saturated rings. The van der Waals surface area contributed by atoms with Crippen LogP contribution in [0.5, 0.6) is 0 Å². The second-order valence-corrected chi connectivity index (χ2v) is 5.07. The largest absolute Gasteiger partial charge is 0.385 e. The van der Waals surface area contributed by atoms with Crippen molar-refractivity contribution in [2.75, 3.05) is 17.2 Å². The van der Waals surface area contributed by atoms with Crippen molar-refractivity contribution in [2.24, 2.45) is 0 Å². The molecule has 2 N–H and O–H groups in total. The molecule has 0 radical (unpaired) electrons. The van der Waals surface area contributed by atoms with E-state index in [0.717, 1.165) is 17.8 Å². The summed E-state index contributed by atoms with van der Waals surface area (Å²) in [5, 5.41) is 6.09. The Morgan fingerprint density at radius 1 is 1.19 bits per heavy atom. The summed E-state index contributed by atoms with van der Waals surface area (Å²) >= 11 is 5.80. The second kappa shape index (κ2) is 6.59. The first-order valence-corrected chi connectivity index (χ1v) is 7.00. The summed E-state index contributed by atoms with van der Waals surface area (Å²) in [6, 6.07) is 9.33. The van der Waals surface area contributed by atoms with Gasteiger partial charge in [-0.25, -0.2) is 4.39 Å². The average molecular weight is 307 g/mol. The van der Waals surface area contributed by atoms with Crippen LogP contribution >= 0.6 is 11.6 Å². The van der Waals surface area contributed by atoms with E-state index in [1.54, 1.807) is 12.1 Å². The third-order valence-corrected chi connectivity index (χ3v) is 3.27. The lowest BCUT2D eigenvalue weighted by molar-refractivity contribution is 0.102. The average Bonchev–Trinajstić information content (AvgIpc) is 2.45. The SMILES string of the molecule is CCNc1ccc(C(=O)Nc2cc(Cl)ccc2F)cc1C. The zero-order valence-corrected chi connectivity index (χ0v) is 12.6. The van der Waals surface area contributed by atoms with Gasteiger partial charge in [0.1, 0.15) is 5.82 Å². The van der Waals surface area contributed by atoms with Crippen LogP contribution in [0.25, 0.3) is 0 Å². The normalized spacial score (nSPS) is 10.3. The summed E-state index contributed by atoms with van der Waals surface area (Å²) in [7, 11) is 0. The van der Waals surface area contributed by atoms with Crippen LogP contribution in [0.2, 0.25) is 5.02 Å². The lowest BCUT2D eigenvalue weighted by atomic mass is 10.1.